The summed E-state index contributed by atoms with van der Waals surface area (Å²) in [6.45, 7) is 4.79. The smallest absolute Gasteiger partial charge is 0.306 e. The second-order valence-corrected chi connectivity index (χ2v) is 6.72. The summed E-state index contributed by atoms with van der Waals surface area (Å²) in [7, 11) is 0. The maximum absolute atomic E-state index is 12.3. The zero-order valence-corrected chi connectivity index (χ0v) is 16.3. The molecule has 2 amide bonds. The molecular weight excluding hydrogens is 364 g/mol. The van der Waals surface area contributed by atoms with Gasteiger partial charge in [0.15, 0.2) is 6.10 Å². The third-order valence-electron chi connectivity index (χ3n) is 4.56. The molecular formula is C20H28N2O6. The Morgan fingerprint density at radius 2 is 1.82 bits per heavy atom. The maximum atomic E-state index is 12.3. The van der Waals surface area contributed by atoms with Gasteiger partial charge in [0.05, 0.1) is 13.0 Å². The number of esters is 1. The molecule has 2 N–H and O–H groups in total. The number of likely N-dealkylation sites (tertiary alicyclic amines) is 1. The first-order chi connectivity index (χ1) is 13.4. The summed E-state index contributed by atoms with van der Waals surface area (Å²) >= 11 is 0. The number of hydrogen-bond acceptors (Lipinski definition) is 6. The summed E-state index contributed by atoms with van der Waals surface area (Å²) in [5.74, 6) is -0.0156. The van der Waals surface area contributed by atoms with Crippen LogP contribution in [0.15, 0.2) is 24.3 Å². The van der Waals surface area contributed by atoms with Gasteiger partial charge < -0.3 is 24.8 Å². The average molecular weight is 392 g/mol. The van der Waals surface area contributed by atoms with E-state index >= 15 is 0 Å². The molecule has 1 saturated heterocycles. The van der Waals surface area contributed by atoms with Crippen molar-refractivity contribution in [2.45, 2.75) is 51.7 Å². The van der Waals surface area contributed by atoms with E-state index in [2.05, 4.69) is 5.32 Å². The first kappa shape index (κ1) is 21.5. The average Bonchev–Trinajstić information content (AvgIpc) is 2.68. The maximum Gasteiger partial charge on any atom is 0.306 e. The first-order valence-corrected chi connectivity index (χ1v) is 9.58. The van der Waals surface area contributed by atoms with Crippen LogP contribution in [0.1, 0.15) is 39.5 Å². The van der Waals surface area contributed by atoms with Gasteiger partial charge in [-0.05, 0) is 51.0 Å². The fourth-order valence-corrected chi connectivity index (χ4v) is 2.97. The summed E-state index contributed by atoms with van der Waals surface area (Å²) in [6.07, 6.45) is 0.878. The van der Waals surface area contributed by atoms with Crippen LogP contribution in [0.3, 0.4) is 0 Å². The van der Waals surface area contributed by atoms with E-state index in [0.29, 0.717) is 38.3 Å². The molecule has 2 rings (SSSR count). The number of benzene rings is 1. The quantitative estimate of drug-likeness (QED) is 0.651. The van der Waals surface area contributed by atoms with Crippen LogP contribution in [0.2, 0.25) is 0 Å². The van der Waals surface area contributed by atoms with Gasteiger partial charge in [0.25, 0.3) is 5.91 Å². The number of carbonyl (C=O) groups excluding carboxylic acids is 3. The predicted molar refractivity (Wildman–Crippen MR) is 102 cm³/mol. The van der Waals surface area contributed by atoms with Gasteiger partial charge in [-0.15, -0.1) is 0 Å². The Bertz CT molecular complexity index is 668. The number of amides is 2. The van der Waals surface area contributed by atoms with E-state index in [4.69, 9.17) is 9.47 Å². The lowest BCUT2D eigenvalue weighted by Crippen LogP contribution is -2.49. The highest BCUT2D eigenvalue weighted by Gasteiger charge is 2.26. The summed E-state index contributed by atoms with van der Waals surface area (Å²) < 4.78 is 10.4. The largest absolute Gasteiger partial charge is 0.508 e. The van der Waals surface area contributed by atoms with Crippen molar-refractivity contribution < 1.29 is 29.0 Å². The van der Waals surface area contributed by atoms with E-state index in [9.17, 15) is 19.5 Å². The molecule has 1 unspecified atom stereocenters. The number of rotatable bonds is 8. The van der Waals surface area contributed by atoms with Crippen molar-refractivity contribution in [3.63, 3.8) is 0 Å². The van der Waals surface area contributed by atoms with Gasteiger partial charge >= 0.3 is 5.97 Å². The van der Waals surface area contributed by atoms with Crippen LogP contribution in [-0.2, 0) is 19.1 Å². The number of carbonyl (C=O) groups is 3. The Morgan fingerprint density at radius 1 is 1.18 bits per heavy atom. The van der Waals surface area contributed by atoms with Gasteiger partial charge in [-0.2, -0.15) is 0 Å². The van der Waals surface area contributed by atoms with Crippen molar-refractivity contribution >= 4 is 17.8 Å². The van der Waals surface area contributed by atoms with E-state index in [1.54, 1.807) is 30.9 Å². The highest BCUT2D eigenvalue weighted by Crippen LogP contribution is 2.18. The van der Waals surface area contributed by atoms with Crippen LogP contribution in [0.4, 0.5) is 0 Å². The molecule has 0 aromatic heterocycles. The molecule has 0 aliphatic carbocycles. The molecule has 1 heterocycles. The number of phenolic OH excluding ortho intramolecular Hbond substituents is 1. The second-order valence-electron chi connectivity index (χ2n) is 6.72. The van der Waals surface area contributed by atoms with Crippen LogP contribution in [0.5, 0.6) is 11.5 Å². The summed E-state index contributed by atoms with van der Waals surface area (Å²) in [5, 5.41) is 12.2. The molecule has 0 saturated carbocycles. The van der Waals surface area contributed by atoms with Gasteiger partial charge in [-0.3, -0.25) is 14.4 Å². The van der Waals surface area contributed by atoms with E-state index in [-0.39, 0.29) is 42.4 Å². The third kappa shape index (κ3) is 6.75. The van der Waals surface area contributed by atoms with E-state index in [1.165, 1.54) is 12.1 Å². The lowest BCUT2D eigenvalue weighted by atomic mass is 10.0. The molecule has 0 radical (unpaired) electrons. The van der Waals surface area contributed by atoms with Gasteiger partial charge in [-0.1, -0.05) is 0 Å². The predicted octanol–water partition coefficient (Wildman–Crippen LogP) is 1.61. The summed E-state index contributed by atoms with van der Waals surface area (Å²) in [6, 6.07) is 6.16. The lowest BCUT2D eigenvalue weighted by molar-refractivity contribution is -0.146. The number of hydrogen-bond donors (Lipinski definition) is 2. The van der Waals surface area contributed by atoms with Crippen LogP contribution in [-0.4, -0.2) is 59.6 Å². The van der Waals surface area contributed by atoms with Crippen LogP contribution < -0.4 is 10.1 Å². The Hall–Kier alpha value is -2.77. The van der Waals surface area contributed by atoms with Crippen LogP contribution in [0.25, 0.3) is 0 Å². The van der Waals surface area contributed by atoms with Crippen molar-refractivity contribution in [2.75, 3.05) is 19.7 Å². The molecule has 8 heteroatoms. The Kier molecular flexibility index (Phi) is 8.10. The van der Waals surface area contributed by atoms with E-state index in [1.807, 2.05) is 0 Å². The van der Waals surface area contributed by atoms with Crippen molar-refractivity contribution in [3.8, 4) is 11.5 Å². The number of nitrogens with one attached hydrogen (secondary N) is 1. The second kappa shape index (κ2) is 10.5. The van der Waals surface area contributed by atoms with E-state index in [0.717, 1.165) is 0 Å². The number of phenols is 1. The zero-order chi connectivity index (χ0) is 20.5. The van der Waals surface area contributed by atoms with Crippen molar-refractivity contribution in [2.24, 2.45) is 0 Å². The third-order valence-corrected chi connectivity index (χ3v) is 4.56. The number of piperidine rings is 1. The minimum atomic E-state index is -0.672. The molecule has 0 spiro atoms. The molecule has 1 aliphatic rings. The van der Waals surface area contributed by atoms with Crippen molar-refractivity contribution in [3.05, 3.63) is 24.3 Å². The molecule has 28 heavy (non-hydrogen) atoms. The topological polar surface area (TPSA) is 105 Å². The fraction of sp³-hybridized carbons (Fsp3) is 0.550. The molecule has 1 atom stereocenters. The van der Waals surface area contributed by atoms with Gasteiger partial charge in [0.1, 0.15) is 11.5 Å². The normalized spacial score (nSPS) is 15.6. The Labute approximate surface area is 164 Å². The molecule has 1 aromatic rings. The monoisotopic (exact) mass is 392 g/mol. The molecule has 8 nitrogen and oxygen atoms in total. The Balaban J connectivity index is 1.71. The minimum Gasteiger partial charge on any atom is -0.508 e. The zero-order valence-electron chi connectivity index (χ0n) is 16.3. The highest BCUT2D eigenvalue weighted by atomic mass is 16.5. The van der Waals surface area contributed by atoms with Gasteiger partial charge in [-0.25, -0.2) is 0 Å². The Morgan fingerprint density at radius 3 is 2.43 bits per heavy atom. The standard InChI is InChI=1S/C20H28N2O6/c1-3-27-19(25)9-8-18(24)22-12-10-15(11-13-22)21-20(26)14(2)28-17-6-4-16(23)5-7-17/h4-7,14-15,23H,3,8-13H2,1-2H3,(H,21,26). The molecule has 1 aliphatic heterocycles. The van der Waals surface area contributed by atoms with Crippen LogP contribution >= 0.6 is 0 Å². The van der Waals surface area contributed by atoms with Gasteiger partial charge in [0, 0.05) is 25.6 Å². The summed E-state index contributed by atoms with van der Waals surface area (Å²) in [5.41, 5.74) is 0. The first-order valence-electron chi connectivity index (χ1n) is 9.58. The lowest BCUT2D eigenvalue weighted by Gasteiger charge is -2.33. The van der Waals surface area contributed by atoms with Crippen molar-refractivity contribution in [1.82, 2.24) is 10.2 Å². The molecule has 0 bridgehead atoms. The molecule has 1 fully saturated rings. The van der Waals surface area contributed by atoms with Gasteiger partial charge in [0.2, 0.25) is 5.91 Å². The number of aromatic hydroxyl groups is 1. The van der Waals surface area contributed by atoms with E-state index < -0.39 is 6.10 Å². The van der Waals surface area contributed by atoms with Crippen LogP contribution in [0, 0.1) is 0 Å². The highest BCUT2D eigenvalue weighted by molar-refractivity contribution is 5.82. The number of nitrogens with zero attached hydrogens (tertiary/aromatic N) is 1. The SMILES string of the molecule is CCOC(=O)CCC(=O)N1CCC(NC(=O)C(C)Oc2ccc(O)cc2)CC1. The minimum absolute atomic E-state index is 0.0209. The summed E-state index contributed by atoms with van der Waals surface area (Å²) in [4.78, 5) is 37.6. The molecule has 154 valence electrons. The van der Waals surface area contributed by atoms with Crippen molar-refractivity contribution in [1.29, 1.82) is 0 Å². The fourth-order valence-electron chi connectivity index (χ4n) is 2.97. The number of ether oxygens (including phenoxy) is 2. The molecule has 1 aromatic carbocycles.